The summed E-state index contributed by atoms with van der Waals surface area (Å²) < 4.78 is 30.2. The van der Waals surface area contributed by atoms with Crippen molar-refractivity contribution in [2.24, 2.45) is 0 Å². The fraction of sp³-hybridized carbons (Fsp3) is 0.467. The molecule has 1 saturated heterocycles. The van der Waals surface area contributed by atoms with E-state index in [-0.39, 0.29) is 35.4 Å². The van der Waals surface area contributed by atoms with Crippen LogP contribution in [0.2, 0.25) is 0 Å². The van der Waals surface area contributed by atoms with Gasteiger partial charge in [0, 0.05) is 54.6 Å². The Hall–Kier alpha value is -2.67. The van der Waals surface area contributed by atoms with Crippen molar-refractivity contribution < 1.29 is 27.9 Å². The molecule has 0 aromatic carbocycles. The number of halogens is 2. The minimum Gasteiger partial charge on any atom is -0.390 e. The second kappa shape index (κ2) is 20.3. The number of aryl methyl sites for hydroxylation is 1. The van der Waals surface area contributed by atoms with Crippen LogP contribution in [0, 0.1) is 13.8 Å². The molecule has 0 radical (unpaired) electrons. The topological polar surface area (TPSA) is 141 Å². The lowest BCUT2D eigenvalue weighted by atomic mass is 10.1. The van der Waals surface area contributed by atoms with Crippen molar-refractivity contribution in [2.75, 3.05) is 56.8 Å². The van der Waals surface area contributed by atoms with Crippen molar-refractivity contribution in [1.29, 1.82) is 0 Å². The number of aromatic nitrogens is 1. The molecule has 2 rings (SSSR count). The number of ether oxygens (including phenoxy) is 1. The third kappa shape index (κ3) is 14.1. The number of amides is 2. The van der Waals surface area contributed by atoms with E-state index in [2.05, 4.69) is 27.1 Å². The monoisotopic (exact) mass is 658 g/mol. The molecular formula is C30H44Cl2N4O6S. The highest BCUT2D eigenvalue weighted by atomic mass is 35.5. The first-order chi connectivity index (χ1) is 20.4. The molecule has 1 aliphatic rings. The molecule has 2 amide bonds. The summed E-state index contributed by atoms with van der Waals surface area (Å²) in [5, 5.41) is 15.8. The standard InChI is InChI=1S/C27H38Cl2N4O6S.C3H6/c1-4-7-30-26(35)22(6-5-12-40(37,38)18-21(14-28)15-29)13-24-19(2)25(20(3)32-24)27(36)31-16-23(34)17-33-8-10-39-11-9-33;1-3-2/h4-7,13-14,23,32,34H,8-12,15-18H2,1-3H3,(H,30,35)(H,31,36);3H,1H2,2H3/b6-5+,7-4+,21-14-,22-13-;. The number of aliphatic hydroxyl groups excluding tert-OH is 1. The van der Waals surface area contributed by atoms with Crippen LogP contribution >= 0.6 is 23.2 Å². The van der Waals surface area contributed by atoms with E-state index in [1.165, 1.54) is 18.4 Å². The zero-order valence-corrected chi connectivity index (χ0v) is 27.6. The zero-order chi connectivity index (χ0) is 32.4. The van der Waals surface area contributed by atoms with Gasteiger partial charge in [-0.3, -0.25) is 14.5 Å². The second-order valence-corrected chi connectivity index (χ2v) is 12.4. The maximum atomic E-state index is 13.0. The largest absolute Gasteiger partial charge is 0.390 e. The average Bonchev–Trinajstić information content (AvgIpc) is 3.25. The fourth-order valence-corrected chi connectivity index (χ4v) is 5.92. The Kier molecular flexibility index (Phi) is 18.1. The number of H-pyrrole nitrogens is 1. The minimum atomic E-state index is -3.55. The van der Waals surface area contributed by atoms with Crippen molar-refractivity contribution >= 4 is 50.9 Å². The number of β-amino-alcohol motifs (C(OH)–C–C–N with tert-alkyl or cyclic N) is 1. The van der Waals surface area contributed by atoms with E-state index in [0.717, 1.165) is 18.6 Å². The van der Waals surface area contributed by atoms with Crippen LogP contribution in [0.3, 0.4) is 0 Å². The number of carbonyl (C=O) groups excluding carboxylic acids is 2. The SMILES string of the molecule is C/C=C/NC(=O)C(=C\c1[nH]c(C)c(C(=O)NCC(O)CN2CCOCC2)c1C)/C=C/CS(=O)(=O)C/C(=C\Cl)CCl.C=CC. The summed E-state index contributed by atoms with van der Waals surface area (Å²) in [6.45, 7) is 13.7. The van der Waals surface area contributed by atoms with Gasteiger partial charge in [0.2, 0.25) is 0 Å². The van der Waals surface area contributed by atoms with Gasteiger partial charge in [-0.2, -0.15) is 0 Å². The molecule has 1 aliphatic heterocycles. The third-order valence-corrected chi connectivity index (χ3v) is 8.26. The number of hydrogen-bond donors (Lipinski definition) is 4. The van der Waals surface area contributed by atoms with Gasteiger partial charge in [0.25, 0.3) is 11.8 Å². The van der Waals surface area contributed by atoms with Gasteiger partial charge in [-0.1, -0.05) is 35.9 Å². The van der Waals surface area contributed by atoms with Gasteiger partial charge in [-0.15, -0.1) is 18.2 Å². The highest BCUT2D eigenvalue weighted by Gasteiger charge is 2.21. The van der Waals surface area contributed by atoms with Gasteiger partial charge < -0.3 is 25.5 Å². The molecular weight excluding hydrogens is 615 g/mol. The van der Waals surface area contributed by atoms with Gasteiger partial charge in [0.05, 0.1) is 36.4 Å². The van der Waals surface area contributed by atoms with E-state index in [1.807, 2.05) is 6.92 Å². The Morgan fingerprint density at radius 3 is 2.47 bits per heavy atom. The number of hydrogen-bond acceptors (Lipinski definition) is 7. The molecule has 0 spiro atoms. The molecule has 1 fully saturated rings. The smallest absolute Gasteiger partial charge is 0.255 e. The van der Waals surface area contributed by atoms with Crippen LogP contribution in [-0.4, -0.2) is 98.1 Å². The number of sulfone groups is 1. The highest BCUT2D eigenvalue weighted by Crippen LogP contribution is 2.21. The van der Waals surface area contributed by atoms with Crippen molar-refractivity contribution in [3.8, 4) is 0 Å². The normalized spacial score (nSPS) is 15.7. The van der Waals surface area contributed by atoms with Crippen LogP contribution in [-0.2, 0) is 19.4 Å². The molecule has 13 heteroatoms. The van der Waals surface area contributed by atoms with Gasteiger partial charge in [-0.05, 0) is 51.1 Å². The maximum Gasteiger partial charge on any atom is 0.255 e. The number of aromatic amines is 1. The summed E-state index contributed by atoms with van der Waals surface area (Å²) in [5.74, 6) is -1.43. The number of alkyl halides is 1. The predicted molar refractivity (Wildman–Crippen MR) is 175 cm³/mol. The van der Waals surface area contributed by atoms with E-state index in [0.29, 0.717) is 47.8 Å². The fourth-order valence-electron chi connectivity index (χ4n) is 4.05. The van der Waals surface area contributed by atoms with Crippen LogP contribution in [0.1, 0.15) is 41.2 Å². The number of nitrogens with one attached hydrogen (secondary N) is 3. The number of allylic oxidation sites excluding steroid dienone is 2. The molecule has 0 bridgehead atoms. The lowest BCUT2D eigenvalue weighted by Gasteiger charge is -2.28. The molecule has 10 nitrogen and oxygen atoms in total. The summed E-state index contributed by atoms with van der Waals surface area (Å²) in [4.78, 5) is 31.0. The molecule has 4 N–H and O–H groups in total. The highest BCUT2D eigenvalue weighted by molar-refractivity contribution is 7.91. The third-order valence-electron chi connectivity index (χ3n) is 6.10. The van der Waals surface area contributed by atoms with Crippen molar-refractivity contribution in [2.45, 2.75) is 33.8 Å². The van der Waals surface area contributed by atoms with Crippen LogP contribution in [0.15, 0.2) is 53.8 Å². The lowest BCUT2D eigenvalue weighted by molar-refractivity contribution is -0.116. The van der Waals surface area contributed by atoms with Gasteiger partial charge in [0.15, 0.2) is 9.84 Å². The molecule has 1 unspecified atom stereocenters. The van der Waals surface area contributed by atoms with Crippen molar-refractivity contribution in [3.05, 3.63) is 76.3 Å². The van der Waals surface area contributed by atoms with E-state index in [9.17, 15) is 23.1 Å². The summed E-state index contributed by atoms with van der Waals surface area (Å²) in [7, 11) is -3.55. The zero-order valence-electron chi connectivity index (χ0n) is 25.3. The first-order valence-electron chi connectivity index (χ1n) is 13.8. The van der Waals surface area contributed by atoms with Crippen LogP contribution < -0.4 is 10.6 Å². The first-order valence-corrected chi connectivity index (χ1v) is 16.6. The van der Waals surface area contributed by atoms with Crippen molar-refractivity contribution in [3.63, 3.8) is 0 Å². The number of rotatable bonds is 14. The number of nitrogens with zero attached hydrogens (tertiary/aromatic N) is 1. The Balaban J connectivity index is 0.00000295. The molecule has 2 heterocycles. The minimum absolute atomic E-state index is 0.00243. The van der Waals surface area contributed by atoms with E-state index < -0.39 is 21.8 Å². The van der Waals surface area contributed by atoms with Gasteiger partial charge >= 0.3 is 0 Å². The maximum absolute atomic E-state index is 13.0. The molecule has 43 heavy (non-hydrogen) atoms. The Morgan fingerprint density at radius 2 is 1.88 bits per heavy atom. The van der Waals surface area contributed by atoms with Crippen LogP contribution in [0.5, 0.6) is 0 Å². The molecule has 0 aliphatic carbocycles. The molecule has 240 valence electrons. The summed E-state index contributed by atoms with van der Waals surface area (Å²) in [6.07, 6.45) is 8.48. The Morgan fingerprint density at radius 1 is 1.23 bits per heavy atom. The van der Waals surface area contributed by atoms with E-state index >= 15 is 0 Å². The van der Waals surface area contributed by atoms with Gasteiger partial charge in [-0.25, -0.2) is 8.42 Å². The number of morpholine rings is 1. The second-order valence-electron chi connectivity index (χ2n) is 9.78. The number of aliphatic hydroxyl groups is 1. The number of carbonyl (C=O) groups is 2. The van der Waals surface area contributed by atoms with Crippen molar-refractivity contribution in [1.82, 2.24) is 20.5 Å². The quantitative estimate of drug-likeness (QED) is 0.104. The molecule has 1 aromatic heterocycles. The Labute approximate surface area is 265 Å². The molecule has 0 saturated carbocycles. The first kappa shape index (κ1) is 38.4. The van der Waals surface area contributed by atoms with Gasteiger partial charge in [0.1, 0.15) is 0 Å². The van der Waals surface area contributed by atoms with E-state index in [1.54, 1.807) is 39.0 Å². The predicted octanol–water partition coefficient (Wildman–Crippen LogP) is 3.61. The molecule has 1 aromatic rings. The van der Waals surface area contributed by atoms with Crippen LogP contribution in [0.25, 0.3) is 6.08 Å². The molecule has 1 atom stereocenters. The van der Waals surface area contributed by atoms with E-state index in [4.69, 9.17) is 27.9 Å². The summed E-state index contributed by atoms with van der Waals surface area (Å²) in [6, 6.07) is 0. The van der Waals surface area contributed by atoms with Crippen LogP contribution in [0.4, 0.5) is 0 Å². The lowest BCUT2D eigenvalue weighted by Crippen LogP contribution is -2.44. The Bertz CT molecular complexity index is 1300. The summed E-state index contributed by atoms with van der Waals surface area (Å²) in [5.41, 5.74) is 3.82. The summed E-state index contributed by atoms with van der Waals surface area (Å²) >= 11 is 11.3. The average molecular weight is 660 g/mol.